The van der Waals surface area contributed by atoms with Crippen molar-refractivity contribution in [3.63, 3.8) is 0 Å². The van der Waals surface area contributed by atoms with Gasteiger partial charge in [-0.05, 0) is 25.1 Å². The Kier molecular flexibility index (Phi) is 4.58. The fraction of sp³-hybridized carbons (Fsp3) is 0.0500. The lowest BCUT2D eigenvalue weighted by Crippen LogP contribution is -2.09. The molecule has 0 aromatic heterocycles. The van der Waals surface area contributed by atoms with E-state index in [9.17, 15) is 9.90 Å². The van der Waals surface area contributed by atoms with Crippen molar-refractivity contribution < 1.29 is 14.6 Å². The Balaban J connectivity index is 2.15. The molecule has 0 saturated heterocycles. The quantitative estimate of drug-likeness (QED) is 0.405. The number of aromatic hydroxyl groups is 1. The molecule has 3 aromatic rings. The number of esters is 1. The van der Waals surface area contributed by atoms with Crippen LogP contribution in [-0.2, 0) is 4.79 Å². The zero-order valence-electron chi connectivity index (χ0n) is 13.2. The highest BCUT2D eigenvalue weighted by atomic mass is 32.2. The van der Waals surface area contributed by atoms with Gasteiger partial charge in [-0.3, -0.25) is 0 Å². The van der Waals surface area contributed by atoms with E-state index in [2.05, 4.69) is 6.58 Å². The third-order valence-corrected chi connectivity index (χ3v) is 4.48. The van der Waals surface area contributed by atoms with Crippen LogP contribution in [0.15, 0.2) is 82.6 Å². The molecule has 0 spiro atoms. The molecule has 0 aliphatic heterocycles. The third kappa shape index (κ3) is 3.29. The number of fused-ring (bicyclic) bond motifs is 1. The van der Waals surface area contributed by atoms with Gasteiger partial charge in [-0.15, -0.1) is 0 Å². The van der Waals surface area contributed by atoms with E-state index >= 15 is 0 Å². The van der Waals surface area contributed by atoms with E-state index in [-0.39, 0.29) is 5.75 Å². The van der Waals surface area contributed by atoms with Gasteiger partial charge in [-0.2, -0.15) is 0 Å². The van der Waals surface area contributed by atoms with Crippen molar-refractivity contribution in [1.29, 1.82) is 0 Å². The summed E-state index contributed by atoms with van der Waals surface area (Å²) in [6, 6.07) is 18.6. The van der Waals surface area contributed by atoms with E-state index in [0.717, 1.165) is 4.90 Å². The van der Waals surface area contributed by atoms with Crippen LogP contribution in [0.4, 0.5) is 0 Å². The minimum Gasteiger partial charge on any atom is -0.507 e. The normalized spacial score (nSPS) is 10.5. The number of rotatable bonds is 4. The van der Waals surface area contributed by atoms with Crippen molar-refractivity contribution in [2.75, 3.05) is 0 Å². The average Bonchev–Trinajstić information content (AvgIpc) is 2.59. The Labute approximate surface area is 144 Å². The van der Waals surface area contributed by atoms with Gasteiger partial charge in [-0.25, -0.2) is 4.79 Å². The second-order valence-corrected chi connectivity index (χ2v) is 6.47. The van der Waals surface area contributed by atoms with Crippen LogP contribution >= 0.6 is 11.8 Å². The van der Waals surface area contributed by atoms with Crippen molar-refractivity contribution in [2.45, 2.75) is 16.7 Å². The average molecular weight is 336 g/mol. The molecule has 1 N–H and O–H groups in total. The highest BCUT2D eigenvalue weighted by Gasteiger charge is 2.17. The van der Waals surface area contributed by atoms with Gasteiger partial charge in [0.2, 0.25) is 0 Å². The van der Waals surface area contributed by atoms with Crippen LogP contribution < -0.4 is 4.74 Å². The van der Waals surface area contributed by atoms with E-state index < -0.39 is 5.97 Å². The van der Waals surface area contributed by atoms with Crippen LogP contribution in [0, 0.1) is 0 Å². The van der Waals surface area contributed by atoms with Crippen molar-refractivity contribution >= 4 is 28.5 Å². The highest BCUT2D eigenvalue weighted by Crippen LogP contribution is 2.43. The van der Waals surface area contributed by atoms with E-state index in [0.29, 0.717) is 27.0 Å². The third-order valence-electron chi connectivity index (χ3n) is 3.45. The standard InChI is InChI=1S/C20H16O3S/c1-13(2)20(22)23-19-16-11-7-6-10-15(16)17(21)12-18(19)24-14-8-4-3-5-9-14/h3-12,21H,1H2,2H3. The maximum atomic E-state index is 12.1. The van der Waals surface area contributed by atoms with Crippen molar-refractivity contribution in [1.82, 2.24) is 0 Å². The van der Waals surface area contributed by atoms with Gasteiger partial charge in [-0.1, -0.05) is 60.8 Å². The second kappa shape index (κ2) is 6.81. The van der Waals surface area contributed by atoms with Gasteiger partial charge >= 0.3 is 5.97 Å². The largest absolute Gasteiger partial charge is 0.507 e. The molecule has 3 aromatic carbocycles. The van der Waals surface area contributed by atoms with Crippen LogP contribution in [0.25, 0.3) is 10.8 Å². The Hall–Kier alpha value is -2.72. The number of ether oxygens (including phenoxy) is 1. The Morgan fingerprint density at radius 2 is 1.67 bits per heavy atom. The fourth-order valence-corrected chi connectivity index (χ4v) is 3.24. The lowest BCUT2D eigenvalue weighted by molar-refractivity contribution is -0.130. The Bertz CT molecular complexity index is 917. The smallest absolute Gasteiger partial charge is 0.338 e. The maximum Gasteiger partial charge on any atom is 0.338 e. The van der Waals surface area contributed by atoms with E-state index in [1.165, 1.54) is 11.8 Å². The molecule has 0 atom stereocenters. The summed E-state index contributed by atoms with van der Waals surface area (Å²) in [5.41, 5.74) is 0.322. The summed E-state index contributed by atoms with van der Waals surface area (Å²) in [7, 11) is 0. The van der Waals surface area contributed by atoms with Crippen LogP contribution in [-0.4, -0.2) is 11.1 Å². The number of carbonyl (C=O) groups is 1. The lowest BCUT2D eigenvalue weighted by Gasteiger charge is -2.14. The van der Waals surface area contributed by atoms with Crippen molar-refractivity contribution in [3.8, 4) is 11.5 Å². The van der Waals surface area contributed by atoms with Gasteiger partial charge in [0.15, 0.2) is 5.75 Å². The molecular weight excluding hydrogens is 320 g/mol. The van der Waals surface area contributed by atoms with Gasteiger partial charge < -0.3 is 9.84 Å². The molecule has 0 saturated carbocycles. The topological polar surface area (TPSA) is 46.5 Å². The molecule has 0 aliphatic carbocycles. The maximum absolute atomic E-state index is 12.1. The zero-order chi connectivity index (χ0) is 17.1. The highest BCUT2D eigenvalue weighted by molar-refractivity contribution is 7.99. The molecule has 0 fully saturated rings. The SMILES string of the molecule is C=C(C)C(=O)Oc1c(Sc2ccccc2)cc(O)c2ccccc12. The molecule has 3 rings (SSSR count). The minimum atomic E-state index is -0.485. The molecule has 24 heavy (non-hydrogen) atoms. The summed E-state index contributed by atoms with van der Waals surface area (Å²) >= 11 is 1.43. The number of phenols is 1. The van der Waals surface area contributed by atoms with Crippen LogP contribution in [0.1, 0.15) is 6.92 Å². The number of carbonyl (C=O) groups excluding carboxylic acids is 1. The van der Waals surface area contributed by atoms with E-state index in [1.54, 1.807) is 19.1 Å². The minimum absolute atomic E-state index is 0.152. The lowest BCUT2D eigenvalue weighted by atomic mass is 10.1. The first-order valence-corrected chi connectivity index (χ1v) is 8.23. The summed E-state index contributed by atoms with van der Waals surface area (Å²) in [4.78, 5) is 13.7. The van der Waals surface area contributed by atoms with Crippen LogP contribution in [0.2, 0.25) is 0 Å². The fourth-order valence-electron chi connectivity index (χ4n) is 2.28. The molecular formula is C20H16O3S. The summed E-state index contributed by atoms with van der Waals surface area (Å²) in [5, 5.41) is 11.7. The first-order chi connectivity index (χ1) is 11.6. The molecule has 120 valence electrons. The monoisotopic (exact) mass is 336 g/mol. The van der Waals surface area contributed by atoms with E-state index in [1.807, 2.05) is 48.5 Å². The summed E-state index contributed by atoms with van der Waals surface area (Å²) in [6.07, 6.45) is 0. The number of hydrogen-bond donors (Lipinski definition) is 1. The number of phenolic OH excluding ortho intramolecular Hbond substituents is 1. The van der Waals surface area contributed by atoms with Crippen molar-refractivity contribution in [3.05, 3.63) is 72.8 Å². The molecule has 0 bridgehead atoms. The van der Waals surface area contributed by atoms with Crippen LogP contribution in [0.5, 0.6) is 11.5 Å². The van der Waals surface area contributed by atoms with Gasteiger partial charge in [0.05, 0.1) is 4.90 Å². The van der Waals surface area contributed by atoms with Crippen LogP contribution in [0.3, 0.4) is 0 Å². The molecule has 4 heteroatoms. The number of hydrogen-bond acceptors (Lipinski definition) is 4. The van der Waals surface area contributed by atoms with Gasteiger partial charge in [0.1, 0.15) is 5.75 Å². The van der Waals surface area contributed by atoms with E-state index in [4.69, 9.17) is 4.74 Å². The molecule has 0 aliphatic rings. The van der Waals surface area contributed by atoms with Gasteiger partial charge in [0.25, 0.3) is 0 Å². The molecule has 3 nitrogen and oxygen atoms in total. The predicted molar refractivity (Wildman–Crippen MR) is 96.6 cm³/mol. The number of benzene rings is 3. The van der Waals surface area contributed by atoms with Gasteiger partial charge in [0, 0.05) is 21.2 Å². The Morgan fingerprint density at radius 3 is 2.33 bits per heavy atom. The first kappa shape index (κ1) is 16.1. The first-order valence-electron chi connectivity index (χ1n) is 7.41. The second-order valence-electron chi connectivity index (χ2n) is 5.35. The summed E-state index contributed by atoms with van der Waals surface area (Å²) in [6.45, 7) is 5.24. The molecule has 0 unspecified atom stereocenters. The predicted octanol–water partition coefficient (Wildman–Crippen LogP) is 5.18. The molecule has 0 amide bonds. The van der Waals surface area contributed by atoms with Crippen molar-refractivity contribution in [2.24, 2.45) is 0 Å². The Morgan fingerprint density at radius 1 is 1.04 bits per heavy atom. The molecule has 0 radical (unpaired) electrons. The summed E-state index contributed by atoms with van der Waals surface area (Å²) in [5.74, 6) is 0.102. The summed E-state index contributed by atoms with van der Waals surface area (Å²) < 4.78 is 5.58. The zero-order valence-corrected chi connectivity index (χ0v) is 14.0. The molecule has 0 heterocycles.